The van der Waals surface area contributed by atoms with E-state index in [9.17, 15) is 13.6 Å². The number of rotatable bonds is 10. The zero-order valence-electron chi connectivity index (χ0n) is 16.7. The average Bonchev–Trinajstić information content (AvgIpc) is 3.29. The molecule has 1 unspecified atom stereocenters. The van der Waals surface area contributed by atoms with Crippen molar-refractivity contribution in [2.75, 3.05) is 0 Å². The maximum Gasteiger partial charge on any atom is 0.303 e. The summed E-state index contributed by atoms with van der Waals surface area (Å²) in [4.78, 5) is 20.3. The van der Waals surface area contributed by atoms with E-state index in [4.69, 9.17) is 15.8 Å². The van der Waals surface area contributed by atoms with Crippen LogP contribution in [0, 0.1) is 11.6 Å². The first kappa shape index (κ1) is 22.2. The van der Waals surface area contributed by atoms with E-state index in [2.05, 4.69) is 4.98 Å². The van der Waals surface area contributed by atoms with E-state index < -0.39 is 5.97 Å². The van der Waals surface area contributed by atoms with Crippen molar-refractivity contribution in [3.63, 3.8) is 0 Å². The molecule has 0 fully saturated rings. The molecule has 0 saturated heterocycles. The molecule has 0 spiro atoms. The number of carboxylic acid groups (broad SMARTS) is 1. The largest absolute Gasteiger partial charge is 0.481 e. The van der Waals surface area contributed by atoms with Gasteiger partial charge in [0, 0.05) is 30.8 Å². The molecule has 6 nitrogen and oxygen atoms in total. The second-order valence-corrected chi connectivity index (χ2v) is 7.07. The Bertz CT molecular complexity index is 1020. The Kier molecular flexibility index (Phi) is 7.50. The SMILES string of the molecule is NOC(CCCC(=O)O)=C(c1ccc(F)cc1)C(Cc1ccc(F)cc1)n1ccnc1. The number of halogens is 2. The van der Waals surface area contributed by atoms with Gasteiger partial charge in [-0.2, -0.15) is 5.90 Å². The van der Waals surface area contributed by atoms with Crippen LogP contribution >= 0.6 is 0 Å². The Morgan fingerprint density at radius 1 is 1.06 bits per heavy atom. The van der Waals surface area contributed by atoms with Gasteiger partial charge in [0.05, 0.1) is 12.4 Å². The minimum atomic E-state index is -0.919. The van der Waals surface area contributed by atoms with E-state index in [0.29, 0.717) is 29.7 Å². The predicted octanol–water partition coefficient (Wildman–Crippen LogP) is 4.50. The fourth-order valence-corrected chi connectivity index (χ4v) is 3.48. The third-order valence-corrected chi connectivity index (χ3v) is 4.95. The minimum absolute atomic E-state index is 0.0444. The Balaban J connectivity index is 2.09. The Morgan fingerprint density at radius 2 is 1.71 bits per heavy atom. The molecule has 8 heteroatoms. The zero-order valence-corrected chi connectivity index (χ0v) is 16.7. The molecule has 3 aromatic rings. The van der Waals surface area contributed by atoms with Gasteiger partial charge in [-0.1, -0.05) is 24.3 Å². The fraction of sp³-hybridized carbons (Fsp3) is 0.217. The quantitative estimate of drug-likeness (QED) is 0.367. The van der Waals surface area contributed by atoms with Crippen molar-refractivity contribution < 1.29 is 23.5 Å². The van der Waals surface area contributed by atoms with E-state index in [1.807, 2.05) is 4.57 Å². The summed E-state index contributed by atoms with van der Waals surface area (Å²) < 4.78 is 28.9. The summed E-state index contributed by atoms with van der Waals surface area (Å²) in [5.74, 6) is 4.36. The first-order chi connectivity index (χ1) is 15.0. The average molecular weight is 427 g/mol. The summed E-state index contributed by atoms with van der Waals surface area (Å²) in [7, 11) is 0. The molecule has 2 aromatic carbocycles. The number of carboxylic acids is 1. The van der Waals surface area contributed by atoms with E-state index in [1.165, 1.54) is 24.3 Å². The van der Waals surface area contributed by atoms with Gasteiger partial charge in [0.1, 0.15) is 17.4 Å². The Morgan fingerprint density at radius 3 is 2.26 bits per heavy atom. The second kappa shape index (κ2) is 10.5. The van der Waals surface area contributed by atoms with Gasteiger partial charge in [-0.15, -0.1) is 0 Å². The molecule has 31 heavy (non-hydrogen) atoms. The molecule has 1 aromatic heterocycles. The van der Waals surface area contributed by atoms with Crippen LogP contribution in [0.15, 0.2) is 73.0 Å². The highest BCUT2D eigenvalue weighted by atomic mass is 19.1. The van der Waals surface area contributed by atoms with Gasteiger partial charge in [-0.25, -0.2) is 13.8 Å². The molecule has 3 N–H and O–H groups in total. The first-order valence-corrected chi connectivity index (χ1v) is 9.77. The second-order valence-electron chi connectivity index (χ2n) is 7.07. The highest BCUT2D eigenvalue weighted by Gasteiger charge is 2.24. The number of nitrogens with zero attached hydrogens (tertiary/aromatic N) is 2. The molecule has 0 aliphatic heterocycles. The van der Waals surface area contributed by atoms with Crippen LogP contribution in [0.4, 0.5) is 8.78 Å². The number of hydrogen-bond acceptors (Lipinski definition) is 4. The van der Waals surface area contributed by atoms with Crippen LogP contribution in [0.25, 0.3) is 5.57 Å². The van der Waals surface area contributed by atoms with Gasteiger partial charge < -0.3 is 14.5 Å². The molecule has 0 bridgehead atoms. The van der Waals surface area contributed by atoms with E-state index in [1.54, 1.807) is 43.0 Å². The lowest BCUT2D eigenvalue weighted by atomic mass is 9.90. The molecule has 1 heterocycles. The smallest absolute Gasteiger partial charge is 0.303 e. The van der Waals surface area contributed by atoms with Crippen molar-refractivity contribution in [1.29, 1.82) is 0 Å². The summed E-state index contributed by atoms with van der Waals surface area (Å²) in [6.07, 6.45) is 6.07. The van der Waals surface area contributed by atoms with E-state index in [-0.39, 0.29) is 30.5 Å². The molecule has 0 aliphatic rings. The van der Waals surface area contributed by atoms with E-state index in [0.717, 1.165) is 5.56 Å². The maximum absolute atomic E-state index is 13.6. The van der Waals surface area contributed by atoms with Gasteiger partial charge in [0.25, 0.3) is 0 Å². The zero-order chi connectivity index (χ0) is 22.2. The number of carbonyl (C=O) groups is 1. The first-order valence-electron chi connectivity index (χ1n) is 9.77. The molecule has 0 amide bonds. The van der Waals surface area contributed by atoms with Crippen molar-refractivity contribution in [2.24, 2.45) is 5.90 Å². The number of aliphatic carboxylic acids is 1. The maximum atomic E-state index is 13.6. The summed E-state index contributed by atoms with van der Waals surface area (Å²) in [6.45, 7) is 0. The standard InChI is InChI=1S/C23H23F2N3O3/c24-18-8-4-16(5-9-18)14-20(28-13-12-27-15-28)23(17-6-10-19(25)11-7-17)21(31-26)2-1-3-22(29)30/h4-13,15,20H,1-3,14,26H2,(H,29,30). The number of benzene rings is 2. The Labute approximate surface area is 178 Å². The van der Waals surface area contributed by atoms with Crippen LogP contribution in [0.2, 0.25) is 0 Å². The summed E-state index contributed by atoms with van der Waals surface area (Å²) >= 11 is 0. The van der Waals surface area contributed by atoms with Gasteiger partial charge in [0.15, 0.2) is 0 Å². The van der Waals surface area contributed by atoms with Crippen molar-refractivity contribution >= 4 is 11.5 Å². The van der Waals surface area contributed by atoms with Gasteiger partial charge >= 0.3 is 5.97 Å². The highest BCUT2D eigenvalue weighted by molar-refractivity contribution is 5.71. The number of nitrogens with two attached hydrogens (primary N) is 1. The summed E-state index contributed by atoms with van der Waals surface area (Å²) in [6, 6.07) is 11.7. The predicted molar refractivity (Wildman–Crippen MR) is 111 cm³/mol. The van der Waals surface area contributed by atoms with Crippen molar-refractivity contribution in [3.8, 4) is 0 Å². The lowest BCUT2D eigenvalue weighted by Gasteiger charge is -2.25. The molecule has 0 aliphatic carbocycles. The van der Waals surface area contributed by atoms with Crippen LogP contribution in [0.5, 0.6) is 0 Å². The molecule has 1 atom stereocenters. The van der Waals surface area contributed by atoms with Crippen molar-refractivity contribution in [1.82, 2.24) is 9.55 Å². The molecule has 0 radical (unpaired) electrons. The van der Waals surface area contributed by atoms with Crippen molar-refractivity contribution in [3.05, 3.63) is 95.8 Å². The molecule has 3 rings (SSSR count). The lowest BCUT2D eigenvalue weighted by molar-refractivity contribution is -0.137. The minimum Gasteiger partial charge on any atom is -0.481 e. The number of hydrogen-bond donors (Lipinski definition) is 2. The van der Waals surface area contributed by atoms with Gasteiger partial charge in [-0.3, -0.25) is 4.79 Å². The fourth-order valence-electron chi connectivity index (χ4n) is 3.48. The number of imidazole rings is 1. The molecule has 162 valence electrons. The lowest BCUT2D eigenvalue weighted by Crippen LogP contribution is -2.17. The molecular weight excluding hydrogens is 404 g/mol. The Hall–Kier alpha value is -3.52. The third-order valence-electron chi connectivity index (χ3n) is 4.95. The third kappa shape index (κ3) is 5.99. The van der Waals surface area contributed by atoms with Crippen molar-refractivity contribution in [2.45, 2.75) is 31.7 Å². The summed E-state index contributed by atoms with van der Waals surface area (Å²) in [5.41, 5.74) is 2.22. The van der Waals surface area contributed by atoms with Gasteiger partial charge in [0.2, 0.25) is 0 Å². The van der Waals surface area contributed by atoms with Crippen LogP contribution < -0.4 is 5.90 Å². The normalized spacial score (nSPS) is 12.9. The summed E-state index contributed by atoms with van der Waals surface area (Å²) in [5, 5.41) is 8.99. The highest BCUT2D eigenvalue weighted by Crippen LogP contribution is 2.35. The number of allylic oxidation sites excluding steroid dienone is 2. The topological polar surface area (TPSA) is 90.4 Å². The molecular formula is C23H23F2N3O3. The van der Waals surface area contributed by atoms with Crippen LogP contribution in [-0.2, 0) is 16.1 Å². The van der Waals surface area contributed by atoms with E-state index >= 15 is 0 Å². The number of aromatic nitrogens is 2. The monoisotopic (exact) mass is 427 g/mol. The van der Waals surface area contributed by atoms with Gasteiger partial charge in [-0.05, 0) is 48.2 Å². The van der Waals surface area contributed by atoms with Crippen LogP contribution in [0.3, 0.4) is 0 Å². The van der Waals surface area contributed by atoms with Crippen LogP contribution in [0.1, 0.15) is 36.4 Å². The van der Waals surface area contributed by atoms with Crippen LogP contribution in [-0.4, -0.2) is 20.6 Å². The molecule has 0 saturated carbocycles.